The fourth-order valence-electron chi connectivity index (χ4n) is 10.2. The Labute approximate surface area is 480 Å². The van der Waals surface area contributed by atoms with Gasteiger partial charge in [-0.2, -0.15) is 5.10 Å². The van der Waals surface area contributed by atoms with Gasteiger partial charge in [0, 0.05) is 106 Å². The molecule has 3 amide bonds. The smallest absolute Gasteiger partial charge is 0.411 e. The molecule has 19 nitrogen and oxygen atoms in total. The zero-order valence-electron chi connectivity index (χ0n) is 47.1. The molecule has 3 fully saturated rings. The van der Waals surface area contributed by atoms with Gasteiger partial charge in [0.25, 0.3) is 11.5 Å². The number of halogens is 1. The van der Waals surface area contributed by atoms with E-state index in [4.69, 9.17) is 9.84 Å². The Bertz CT molecular complexity index is 3260. The Balaban J connectivity index is 0.735. The van der Waals surface area contributed by atoms with Gasteiger partial charge in [0.15, 0.2) is 5.82 Å². The van der Waals surface area contributed by atoms with Crippen molar-refractivity contribution in [2.75, 3.05) is 98.4 Å². The summed E-state index contributed by atoms with van der Waals surface area (Å²) in [6.07, 6.45) is 2.42. The number of carbonyl (C=O) groups is 3. The Kier molecular flexibility index (Phi) is 18.9. The van der Waals surface area contributed by atoms with E-state index in [9.17, 15) is 34.5 Å². The number of ether oxygens (including phenoxy) is 1. The second-order valence-corrected chi connectivity index (χ2v) is 25.6. The molecule has 2 aliphatic heterocycles. The molecule has 2 saturated heterocycles. The van der Waals surface area contributed by atoms with Gasteiger partial charge in [-0.25, -0.2) is 18.4 Å². The third-order valence-electron chi connectivity index (χ3n) is 15.2. The lowest BCUT2D eigenvalue weighted by Crippen LogP contribution is -2.51. The molecule has 1 aliphatic carbocycles. The predicted molar refractivity (Wildman–Crippen MR) is 313 cm³/mol. The lowest BCUT2D eigenvalue weighted by atomic mass is 9.98. The Morgan fingerprint density at radius 3 is 2.19 bits per heavy atom. The van der Waals surface area contributed by atoms with Crippen LogP contribution in [0, 0.1) is 11.7 Å². The first-order chi connectivity index (χ1) is 38.8. The van der Waals surface area contributed by atoms with Crippen LogP contribution in [0.1, 0.15) is 85.6 Å². The summed E-state index contributed by atoms with van der Waals surface area (Å²) in [4.78, 5) is 65.8. The molecule has 9 rings (SSSR count). The van der Waals surface area contributed by atoms with Crippen molar-refractivity contribution in [1.82, 2.24) is 53.9 Å². The van der Waals surface area contributed by atoms with E-state index in [2.05, 4.69) is 33.8 Å². The lowest BCUT2D eigenvalue weighted by molar-refractivity contribution is -0.134. The minimum atomic E-state index is -0.637. The molecule has 432 valence electrons. The fraction of sp³-hybridized carbons (Fsp3) is 0.475. The van der Waals surface area contributed by atoms with Gasteiger partial charge >= 0.3 is 12.1 Å². The molecule has 22 heteroatoms. The van der Waals surface area contributed by atoms with E-state index < -0.39 is 17.8 Å². The van der Waals surface area contributed by atoms with E-state index >= 15 is 4.39 Å². The molecular formula is C59H74FN11O8S2. The molecule has 0 unspecified atom stereocenters. The first-order valence-corrected chi connectivity index (χ1v) is 30.1. The van der Waals surface area contributed by atoms with Crippen LogP contribution < -0.4 is 5.56 Å². The van der Waals surface area contributed by atoms with Crippen molar-refractivity contribution >= 4 is 50.3 Å². The monoisotopic (exact) mass is 1150 g/mol. The maximum atomic E-state index is 15.3. The highest BCUT2D eigenvalue weighted by atomic mass is 33.1. The molecule has 1 saturated carbocycles. The van der Waals surface area contributed by atoms with Crippen molar-refractivity contribution in [1.29, 1.82) is 0 Å². The fourth-order valence-corrected chi connectivity index (χ4v) is 12.6. The molecule has 6 aromatic rings. The van der Waals surface area contributed by atoms with Gasteiger partial charge in [0.05, 0.1) is 27.9 Å². The number of likely N-dealkylation sites (N-methyl/N-ethyl adjacent to an activating group) is 1. The zero-order valence-corrected chi connectivity index (χ0v) is 48.7. The molecule has 81 heavy (non-hydrogen) atoms. The summed E-state index contributed by atoms with van der Waals surface area (Å²) in [7, 11) is 7.25. The summed E-state index contributed by atoms with van der Waals surface area (Å²) in [6, 6.07) is 22.1. The number of rotatable bonds is 22. The summed E-state index contributed by atoms with van der Waals surface area (Å²) in [5, 5.41) is 45.7. The Morgan fingerprint density at radius 1 is 0.815 bits per heavy atom. The molecule has 0 atom stereocenters. The maximum absolute atomic E-state index is 15.3. The SMILES string of the molecule is CC(C)c1cc(-c2nnc(O)n2-c2ccc(CN3CCN(CCC(C)(C)SSCCOC(=O)N(CCN(C)C)Cn4nc(Cc5ccc(F)c(C(=O)N6CCN(C(=O)C7CC7)CC6)c5)c5ccccc5c4=O)CC3)cc2)c(O)cc1O. The van der Waals surface area contributed by atoms with Gasteiger partial charge in [-0.15, -0.1) is 5.10 Å². The van der Waals surface area contributed by atoms with Crippen LogP contribution in [0.4, 0.5) is 9.18 Å². The molecule has 4 heterocycles. The third-order valence-corrected chi connectivity index (χ3v) is 18.5. The van der Waals surface area contributed by atoms with E-state index in [0.717, 1.165) is 64.1 Å². The highest BCUT2D eigenvalue weighted by molar-refractivity contribution is 8.77. The minimum absolute atomic E-state index is 0.00252. The molecular weight excluding hydrogens is 1070 g/mol. The van der Waals surface area contributed by atoms with Crippen molar-refractivity contribution in [2.24, 2.45) is 5.92 Å². The van der Waals surface area contributed by atoms with Crippen LogP contribution in [0.5, 0.6) is 17.5 Å². The number of phenols is 2. The lowest BCUT2D eigenvalue weighted by Gasteiger charge is -2.36. The van der Waals surface area contributed by atoms with Gasteiger partial charge < -0.3 is 39.7 Å². The van der Waals surface area contributed by atoms with Crippen LogP contribution in [0.3, 0.4) is 0 Å². The number of aromatic nitrogens is 5. The number of amides is 3. The van der Waals surface area contributed by atoms with Gasteiger partial charge in [-0.05, 0) is 113 Å². The van der Waals surface area contributed by atoms with Crippen molar-refractivity contribution in [3.63, 3.8) is 0 Å². The Morgan fingerprint density at radius 2 is 1.49 bits per heavy atom. The average Bonchev–Trinajstić information content (AvgIpc) is 4.47. The number of fused-ring (bicyclic) bond motifs is 1. The van der Waals surface area contributed by atoms with Crippen LogP contribution in [0.25, 0.3) is 27.8 Å². The van der Waals surface area contributed by atoms with Crippen LogP contribution in [0.2, 0.25) is 0 Å². The van der Waals surface area contributed by atoms with E-state index in [0.29, 0.717) is 77.3 Å². The largest absolute Gasteiger partial charge is 0.508 e. The van der Waals surface area contributed by atoms with Crippen molar-refractivity contribution < 1.29 is 38.8 Å². The van der Waals surface area contributed by atoms with Gasteiger partial charge in [-0.3, -0.25) is 24.2 Å². The second-order valence-electron chi connectivity index (χ2n) is 22.4. The Hall–Kier alpha value is -6.72. The highest BCUT2D eigenvalue weighted by Gasteiger charge is 2.36. The molecule has 2 aromatic heterocycles. The van der Waals surface area contributed by atoms with E-state index in [1.54, 1.807) is 61.7 Å². The number of carbonyl (C=O) groups excluding carboxylic acids is 3. The number of aromatic hydroxyl groups is 3. The highest BCUT2D eigenvalue weighted by Crippen LogP contribution is 2.40. The van der Waals surface area contributed by atoms with E-state index in [-0.39, 0.29) is 83.2 Å². The van der Waals surface area contributed by atoms with Crippen LogP contribution >= 0.6 is 21.6 Å². The van der Waals surface area contributed by atoms with Crippen LogP contribution in [-0.2, 0) is 29.2 Å². The third kappa shape index (κ3) is 14.7. The molecule has 0 radical (unpaired) electrons. The van der Waals surface area contributed by atoms with Gasteiger partial charge in [0.1, 0.15) is 30.6 Å². The van der Waals surface area contributed by atoms with E-state index in [1.165, 1.54) is 26.3 Å². The topological polar surface area (TPSA) is 206 Å². The normalized spacial score (nSPS) is 15.5. The van der Waals surface area contributed by atoms with Crippen LogP contribution in [-0.4, -0.2) is 190 Å². The first kappa shape index (κ1) is 58.9. The number of phenolic OH excluding ortho intramolecular Hbond substituents is 2. The van der Waals surface area contributed by atoms with E-state index in [1.807, 2.05) is 69.2 Å². The predicted octanol–water partition coefficient (Wildman–Crippen LogP) is 7.63. The van der Waals surface area contributed by atoms with Crippen molar-refractivity contribution in [3.05, 3.63) is 123 Å². The summed E-state index contributed by atoms with van der Waals surface area (Å²) in [5.74, 6) is -0.179. The number of piperazine rings is 2. The summed E-state index contributed by atoms with van der Waals surface area (Å²) >= 11 is 0. The molecule has 3 N–H and O–H groups in total. The van der Waals surface area contributed by atoms with Gasteiger partial charge in [0.2, 0.25) is 5.91 Å². The second kappa shape index (κ2) is 26.0. The number of benzene rings is 4. The number of hydrogen-bond acceptors (Lipinski definition) is 16. The summed E-state index contributed by atoms with van der Waals surface area (Å²) < 4.78 is 23.9. The summed E-state index contributed by atoms with van der Waals surface area (Å²) in [6.45, 7) is 16.1. The first-order valence-electron chi connectivity index (χ1n) is 27.8. The van der Waals surface area contributed by atoms with Gasteiger partial charge in [-0.1, -0.05) is 76.9 Å². The van der Waals surface area contributed by atoms with Crippen LogP contribution in [0.15, 0.2) is 83.7 Å². The average molecular weight is 1150 g/mol. The molecule has 0 bridgehead atoms. The number of nitrogens with zero attached hydrogens (tertiary/aromatic N) is 11. The quantitative estimate of drug-likeness (QED) is 0.0441. The summed E-state index contributed by atoms with van der Waals surface area (Å²) in [5.41, 5.74) is 3.50. The number of hydrogen-bond donors (Lipinski definition) is 3. The molecule has 3 aliphatic rings. The standard InChI is InChI=1S/C59H74FN11O8S2/c1-39(2)46-35-48(52(73)36-51(46)72)53-61-62-57(77)71(53)43-16-11-40(12-17-43)37-66-24-22-65(23-25-66)20-19-59(3,4)81-80-32-31-79-58(78)69(26-21-64(5)6)38-70-56(76)45-10-8-7-9-44(45)50(63-70)34-41-13-18-49(60)47(33-41)55(75)68-29-27-67(28-30-68)54(74)42-14-15-42/h7-13,16-18,33,35-36,39,42,72-73H,14-15,19-32,34,37-38H2,1-6H3,(H,62,77). The van der Waals surface area contributed by atoms with Crippen molar-refractivity contribution in [2.45, 2.75) is 77.3 Å². The minimum Gasteiger partial charge on any atom is -0.508 e. The molecule has 4 aromatic carbocycles. The molecule has 0 spiro atoms. The maximum Gasteiger partial charge on any atom is 0.411 e. The zero-order chi connectivity index (χ0) is 57.5. The van der Waals surface area contributed by atoms with Crippen molar-refractivity contribution in [3.8, 4) is 34.6 Å².